The number of hydrogen-bond acceptors (Lipinski definition) is 4. The molecule has 0 aliphatic rings. The highest BCUT2D eigenvalue weighted by Crippen LogP contribution is 2.04. The van der Waals surface area contributed by atoms with Crippen LogP contribution in [0.25, 0.3) is 0 Å². The average molecular weight is 450 g/mol. The predicted octanol–water partition coefficient (Wildman–Crippen LogP) is 2.84. The largest absolute Gasteiger partial charge is 0.490 e. The number of aromatic nitrogens is 1. The Bertz CT molecular complexity index is 418. The van der Waals surface area contributed by atoms with Crippen molar-refractivity contribution in [1.29, 1.82) is 0 Å². The molecule has 0 radical (unpaired) electrons. The van der Waals surface area contributed by atoms with E-state index in [1.807, 2.05) is 12.1 Å². The summed E-state index contributed by atoms with van der Waals surface area (Å²) in [5, 5.41) is 6.48. The molecule has 1 rings (SSSR count). The molecule has 0 fully saturated rings. The molecule has 0 spiro atoms. The van der Waals surface area contributed by atoms with Crippen molar-refractivity contribution in [2.45, 2.75) is 33.1 Å². The van der Waals surface area contributed by atoms with Crippen LogP contribution in [-0.4, -0.2) is 50.4 Å². The van der Waals surface area contributed by atoms with Crippen molar-refractivity contribution in [3.8, 4) is 5.75 Å². The summed E-state index contributed by atoms with van der Waals surface area (Å²) >= 11 is 0. The Morgan fingerprint density at radius 3 is 2.71 bits per heavy atom. The van der Waals surface area contributed by atoms with Crippen molar-refractivity contribution in [1.82, 2.24) is 15.6 Å². The van der Waals surface area contributed by atoms with Gasteiger partial charge < -0.3 is 20.1 Å². The van der Waals surface area contributed by atoms with Crippen molar-refractivity contribution in [3.63, 3.8) is 0 Å². The van der Waals surface area contributed by atoms with Crippen LogP contribution in [0.4, 0.5) is 0 Å². The summed E-state index contributed by atoms with van der Waals surface area (Å²) in [6, 6.07) is 3.75. The zero-order chi connectivity index (χ0) is 16.6. The molecule has 0 aromatic carbocycles. The molecular formula is C17H31IN4O2. The molecule has 0 unspecified atom stereocenters. The number of unbranched alkanes of at least 4 members (excludes halogenated alkanes) is 1. The molecule has 0 amide bonds. The first-order valence-electron chi connectivity index (χ1n) is 8.49. The highest BCUT2D eigenvalue weighted by atomic mass is 127. The van der Waals surface area contributed by atoms with E-state index in [2.05, 4.69) is 34.5 Å². The quantitative estimate of drug-likeness (QED) is 0.222. The van der Waals surface area contributed by atoms with Gasteiger partial charge in [-0.2, -0.15) is 0 Å². The van der Waals surface area contributed by atoms with Gasteiger partial charge >= 0.3 is 0 Å². The lowest BCUT2D eigenvalue weighted by molar-refractivity contribution is 0.130. The summed E-state index contributed by atoms with van der Waals surface area (Å²) in [4.78, 5) is 8.53. The van der Waals surface area contributed by atoms with E-state index in [4.69, 9.17) is 9.47 Å². The zero-order valence-corrected chi connectivity index (χ0v) is 17.1. The molecule has 1 aromatic rings. The number of hydrogen-bond donors (Lipinski definition) is 2. The molecule has 2 N–H and O–H groups in total. The number of ether oxygens (including phenoxy) is 2. The summed E-state index contributed by atoms with van der Waals surface area (Å²) < 4.78 is 11.1. The highest BCUT2D eigenvalue weighted by molar-refractivity contribution is 14.0. The minimum atomic E-state index is 0. The Kier molecular flexibility index (Phi) is 16.0. The predicted molar refractivity (Wildman–Crippen MR) is 109 cm³/mol. The van der Waals surface area contributed by atoms with E-state index in [1.54, 1.807) is 12.4 Å². The third-order valence-corrected chi connectivity index (χ3v) is 3.00. The van der Waals surface area contributed by atoms with Crippen LogP contribution in [0.1, 0.15) is 33.1 Å². The van der Waals surface area contributed by atoms with Crippen molar-refractivity contribution in [2.24, 2.45) is 4.99 Å². The molecule has 1 aromatic heterocycles. The minimum absolute atomic E-state index is 0. The van der Waals surface area contributed by atoms with Crippen molar-refractivity contribution in [2.75, 3.05) is 39.5 Å². The van der Waals surface area contributed by atoms with Gasteiger partial charge in [0.25, 0.3) is 0 Å². The van der Waals surface area contributed by atoms with Crippen LogP contribution in [0.15, 0.2) is 29.5 Å². The van der Waals surface area contributed by atoms with Crippen LogP contribution in [0, 0.1) is 0 Å². The van der Waals surface area contributed by atoms with Gasteiger partial charge in [0, 0.05) is 32.5 Å². The van der Waals surface area contributed by atoms with Crippen LogP contribution >= 0.6 is 24.0 Å². The number of pyridine rings is 1. The van der Waals surface area contributed by atoms with Gasteiger partial charge in [-0.1, -0.05) is 13.3 Å². The summed E-state index contributed by atoms with van der Waals surface area (Å²) in [5.41, 5.74) is 0. The maximum atomic E-state index is 5.59. The van der Waals surface area contributed by atoms with Gasteiger partial charge in [-0.05, 0) is 31.9 Å². The molecule has 6 nitrogen and oxygen atoms in total. The molecule has 138 valence electrons. The van der Waals surface area contributed by atoms with E-state index < -0.39 is 0 Å². The zero-order valence-electron chi connectivity index (χ0n) is 14.8. The summed E-state index contributed by atoms with van der Waals surface area (Å²) in [6.07, 6.45) is 6.68. The number of rotatable bonds is 12. The van der Waals surface area contributed by atoms with Gasteiger partial charge in [-0.3, -0.25) is 9.98 Å². The van der Waals surface area contributed by atoms with E-state index in [0.29, 0.717) is 13.2 Å². The number of halogens is 1. The standard InChI is InChI=1S/C17H30N4O2.HI/c1-3-5-12-22-13-7-10-20-17(19-4-2)21-11-14-23-16-8-6-9-18-15-16;/h6,8-9,15H,3-5,7,10-14H2,1-2H3,(H2,19,20,21);1H. The van der Waals surface area contributed by atoms with Gasteiger partial charge in [0.2, 0.25) is 0 Å². The second kappa shape index (κ2) is 16.8. The normalized spacial score (nSPS) is 10.8. The molecule has 0 saturated carbocycles. The first-order valence-corrected chi connectivity index (χ1v) is 8.49. The van der Waals surface area contributed by atoms with Crippen LogP contribution in [0.3, 0.4) is 0 Å². The Morgan fingerprint density at radius 1 is 1.17 bits per heavy atom. The molecule has 7 heteroatoms. The number of aliphatic imine (C=N–C) groups is 1. The van der Waals surface area contributed by atoms with Gasteiger partial charge in [-0.15, -0.1) is 24.0 Å². The highest BCUT2D eigenvalue weighted by Gasteiger charge is 1.97. The van der Waals surface area contributed by atoms with Crippen molar-refractivity contribution < 1.29 is 9.47 Å². The first kappa shape index (κ1) is 22.9. The summed E-state index contributed by atoms with van der Waals surface area (Å²) in [5.74, 6) is 1.59. The van der Waals surface area contributed by atoms with E-state index >= 15 is 0 Å². The fourth-order valence-electron chi connectivity index (χ4n) is 1.82. The van der Waals surface area contributed by atoms with Crippen LogP contribution in [0.2, 0.25) is 0 Å². The third-order valence-electron chi connectivity index (χ3n) is 3.00. The topological polar surface area (TPSA) is 67.8 Å². The molecule has 0 aliphatic heterocycles. The van der Waals surface area contributed by atoms with Gasteiger partial charge in [0.1, 0.15) is 12.4 Å². The Balaban J connectivity index is 0.00000529. The number of nitrogens with one attached hydrogen (secondary N) is 2. The maximum absolute atomic E-state index is 5.59. The maximum Gasteiger partial charge on any atom is 0.191 e. The van der Waals surface area contributed by atoms with Crippen LogP contribution in [0.5, 0.6) is 5.75 Å². The number of guanidine groups is 1. The van der Waals surface area contributed by atoms with E-state index in [0.717, 1.165) is 50.9 Å². The monoisotopic (exact) mass is 450 g/mol. The van der Waals surface area contributed by atoms with Crippen LogP contribution < -0.4 is 15.4 Å². The first-order chi connectivity index (χ1) is 11.4. The van der Waals surface area contributed by atoms with Gasteiger partial charge in [-0.25, -0.2) is 0 Å². The smallest absolute Gasteiger partial charge is 0.191 e. The number of nitrogens with zero attached hydrogens (tertiary/aromatic N) is 2. The molecule has 0 bridgehead atoms. The third kappa shape index (κ3) is 12.3. The lowest BCUT2D eigenvalue weighted by Crippen LogP contribution is -2.39. The molecular weight excluding hydrogens is 419 g/mol. The Labute approximate surface area is 162 Å². The fourth-order valence-corrected chi connectivity index (χ4v) is 1.82. The molecule has 1 heterocycles. The average Bonchev–Trinajstić information content (AvgIpc) is 2.58. The van der Waals surface area contributed by atoms with Crippen molar-refractivity contribution >= 4 is 29.9 Å². The Hall–Kier alpha value is -1.09. The second-order valence-electron chi connectivity index (χ2n) is 5.04. The van der Waals surface area contributed by atoms with Crippen molar-refractivity contribution in [3.05, 3.63) is 24.5 Å². The van der Waals surface area contributed by atoms with Gasteiger partial charge in [0.15, 0.2) is 5.96 Å². The minimum Gasteiger partial charge on any atom is -0.490 e. The molecule has 24 heavy (non-hydrogen) atoms. The summed E-state index contributed by atoms with van der Waals surface area (Å²) in [6.45, 7) is 8.69. The summed E-state index contributed by atoms with van der Waals surface area (Å²) in [7, 11) is 0. The second-order valence-corrected chi connectivity index (χ2v) is 5.04. The van der Waals surface area contributed by atoms with E-state index in [-0.39, 0.29) is 24.0 Å². The molecule has 0 atom stereocenters. The van der Waals surface area contributed by atoms with Crippen LogP contribution in [-0.2, 0) is 4.74 Å². The Morgan fingerprint density at radius 2 is 2.00 bits per heavy atom. The molecule has 0 aliphatic carbocycles. The molecule has 0 saturated heterocycles. The lowest BCUT2D eigenvalue weighted by atomic mass is 10.4. The van der Waals surface area contributed by atoms with Gasteiger partial charge in [0.05, 0.1) is 12.7 Å². The van der Waals surface area contributed by atoms with E-state index in [1.165, 1.54) is 6.42 Å². The lowest BCUT2D eigenvalue weighted by Gasteiger charge is -2.12. The van der Waals surface area contributed by atoms with E-state index in [9.17, 15) is 0 Å². The fraction of sp³-hybridized carbons (Fsp3) is 0.647. The SMILES string of the molecule is CCCCOCCCN=C(NCC)NCCOc1cccnc1.I.